The standard InChI is InChI=1S/C8H12N2O2/c1-8(2,12)7(11)6-3-9-5-10-4-6/h3-5,7,11-12H,1-2H3. The molecule has 0 saturated heterocycles. The number of aromatic nitrogens is 2. The van der Waals surface area contributed by atoms with Crippen LogP contribution in [0.15, 0.2) is 18.7 Å². The Morgan fingerprint density at radius 3 is 2.25 bits per heavy atom. The monoisotopic (exact) mass is 168 g/mol. The number of nitrogens with zero attached hydrogens (tertiary/aromatic N) is 2. The molecule has 1 heterocycles. The van der Waals surface area contributed by atoms with Gasteiger partial charge in [-0.15, -0.1) is 0 Å². The van der Waals surface area contributed by atoms with Gasteiger partial charge in [-0.05, 0) is 13.8 Å². The van der Waals surface area contributed by atoms with Gasteiger partial charge in [-0.2, -0.15) is 0 Å². The lowest BCUT2D eigenvalue weighted by molar-refractivity contribution is -0.0500. The van der Waals surface area contributed by atoms with Gasteiger partial charge in [0.25, 0.3) is 0 Å². The summed E-state index contributed by atoms with van der Waals surface area (Å²) in [6.45, 7) is 3.06. The first kappa shape index (κ1) is 9.09. The van der Waals surface area contributed by atoms with Gasteiger partial charge in [-0.25, -0.2) is 9.97 Å². The number of aliphatic hydroxyl groups excluding tert-OH is 1. The Kier molecular flexibility index (Phi) is 2.40. The van der Waals surface area contributed by atoms with E-state index < -0.39 is 11.7 Å². The van der Waals surface area contributed by atoms with Crippen molar-refractivity contribution in [3.8, 4) is 0 Å². The minimum absolute atomic E-state index is 0.519. The van der Waals surface area contributed by atoms with Gasteiger partial charge in [0.2, 0.25) is 0 Å². The summed E-state index contributed by atoms with van der Waals surface area (Å²) in [5.74, 6) is 0. The van der Waals surface area contributed by atoms with Crippen molar-refractivity contribution in [3.05, 3.63) is 24.3 Å². The molecule has 0 aliphatic heterocycles. The summed E-state index contributed by atoms with van der Waals surface area (Å²) in [5.41, 5.74) is -0.643. The van der Waals surface area contributed by atoms with Crippen molar-refractivity contribution in [3.63, 3.8) is 0 Å². The van der Waals surface area contributed by atoms with Gasteiger partial charge in [0.1, 0.15) is 12.4 Å². The molecule has 0 aliphatic carbocycles. The molecule has 1 atom stereocenters. The van der Waals surface area contributed by atoms with E-state index >= 15 is 0 Å². The molecular weight excluding hydrogens is 156 g/mol. The molecule has 0 amide bonds. The third kappa shape index (κ3) is 1.99. The summed E-state index contributed by atoms with van der Waals surface area (Å²) < 4.78 is 0. The second-order valence-electron chi connectivity index (χ2n) is 3.23. The fraction of sp³-hybridized carbons (Fsp3) is 0.500. The molecular formula is C8H12N2O2. The summed E-state index contributed by atoms with van der Waals surface area (Å²) in [6.07, 6.45) is 3.39. The van der Waals surface area contributed by atoms with Gasteiger partial charge in [-0.1, -0.05) is 0 Å². The summed E-state index contributed by atoms with van der Waals surface area (Å²) >= 11 is 0. The van der Waals surface area contributed by atoms with E-state index in [4.69, 9.17) is 0 Å². The fourth-order valence-corrected chi connectivity index (χ4v) is 0.860. The molecule has 1 unspecified atom stereocenters. The van der Waals surface area contributed by atoms with E-state index in [0.717, 1.165) is 0 Å². The zero-order valence-electron chi connectivity index (χ0n) is 7.10. The van der Waals surface area contributed by atoms with Crippen LogP contribution in [0.1, 0.15) is 25.5 Å². The smallest absolute Gasteiger partial charge is 0.115 e. The Morgan fingerprint density at radius 1 is 1.33 bits per heavy atom. The van der Waals surface area contributed by atoms with Crippen LogP contribution >= 0.6 is 0 Å². The van der Waals surface area contributed by atoms with Crippen molar-refractivity contribution in [2.24, 2.45) is 0 Å². The number of aliphatic hydroxyl groups is 2. The van der Waals surface area contributed by atoms with Gasteiger partial charge in [-0.3, -0.25) is 0 Å². The first-order valence-corrected chi connectivity index (χ1v) is 3.67. The van der Waals surface area contributed by atoms with E-state index in [1.807, 2.05) is 0 Å². The average molecular weight is 168 g/mol. The Hall–Kier alpha value is -1.00. The summed E-state index contributed by atoms with van der Waals surface area (Å²) in [7, 11) is 0. The van der Waals surface area contributed by atoms with Gasteiger partial charge in [0.05, 0.1) is 5.60 Å². The van der Waals surface area contributed by atoms with E-state index in [1.165, 1.54) is 32.6 Å². The highest BCUT2D eigenvalue weighted by atomic mass is 16.3. The van der Waals surface area contributed by atoms with E-state index in [2.05, 4.69) is 9.97 Å². The lowest BCUT2D eigenvalue weighted by Gasteiger charge is -2.23. The van der Waals surface area contributed by atoms with Crippen molar-refractivity contribution in [1.82, 2.24) is 9.97 Å². The molecule has 66 valence electrons. The predicted molar refractivity (Wildman–Crippen MR) is 43.3 cm³/mol. The van der Waals surface area contributed by atoms with Crippen LogP contribution in [0, 0.1) is 0 Å². The molecule has 0 aliphatic rings. The first-order valence-electron chi connectivity index (χ1n) is 3.67. The van der Waals surface area contributed by atoms with Gasteiger partial charge in [0.15, 0.2) is 0 Å². The van der Waals surface area contributed by atoms with Gasteiger partial charge in [0, 0.05) is 18.0 Å². The van der Waals surface area contributed by atoms with Crippen molar-refractivity contribution in [1.29, 1.82) is 0 Å². The highest BCUT2D eigenvalue weighted by Gasteiger charge is 2.26. The zero-order chi connectivity index (χ0) is 9.19. The summed E-state index contributed by atoms with van der Waals surface area (Å²) in [6, 6.07) is 0. The van der Waals surface area contributed by atoms with Crippen LogP contribution in [0.4, 0.5) is 0 Å². The molecule has 0 radical (unpaired) electrons. The number of hydrogen-bond donors (Lipinski definition) is 2. The third-order valence-electron chi connectivity index (χ3n) is 1.57. The van der Waals surface area contributed by atoms with Crippen LogP contribution in [0.5, 0.6) is 0 Å². The maximum atomic E-state index is 9.53. The minimum atomic E-state index is -1.16. The summed E-state index contributed by atoms with van der Waals surface area (Å²) in [4.78, 5) is 7.47. The molecule has 1 rings (SSSR count). The Labute approximate surface area is 70.9 Å². The second kappa shape index (κ2) is 3.16. The molecule has 1 aromatic heterocycles. The molecule has 1 aromatic rings. The molecule has 0 saturated carbocycles. The average Bonchev–Trinajstić information content (AvgIpc) is 2.03. The predicted octanol–water partition coefficient (Wildman–Crippen LogP) is 0.281. The maximum absolute atomic E-state index is 9.53. The molecule has 12 heavy (non-hydrogen) atoms. The number of hydrogen-bond acceptors (Lipinski definition) is 4. The van der Waals surface area contributed by atoms with Crippen LogP contribution < -0.4 is 0 Å². The van der Waals surface area contributed by atoms with Crippen molar-refractivity contribution in [2.45, 2.75) is 25.6 Å². The molecule has 4 nitrogen and oxygen atoms in total. The van der Waals surface area contributed by atoms with Crippen LogP contribution in [0.2, 0.25) is 0 Å². The van der Waals surface area contributed by atoms with Gasteiger partial charge < -0.3 is 10.2 Å². The highest BCUT2D eigenvalue weighted by Crippen LogP contribution is 2.23. The van der Waals surface area contributed by atoms with Crippen molar-refractivity contribution >= 4 is 0 Å². The van der Waals surface area contributed by atoms with Crippen LogP contribution in [0.3, 0.4) is 0 Å². The quantitative estimate of drug-likeness (QED) is 0.665. The van der Waals surface area contributed by atoms with Crippen LogP contribution in [-0.2, 0) is 0 Å². The van der Waals surface area contributed by atoms with Gasteiger partial charge >= 0.3 is 0 Å². The highest BCUT2D eigenvalue weighted by molar-refractivity contribution is 5.10. The molecule has 2 N–H and O–H groups in total. The second-order valence-corrected chi connectivity index (χ2v) is 3.23. The normalized spacial score (nSPS) is 14.3. The van der Waals surface area contributed by atoms with E-state index in [9.17, 15) is 10.2 Å². The van der Waals surface area contributed by atoms with Crippen LogP contribution in [0.25, 0.3) is 0 Å². The SMILES string of the molecule is CC(C)(O)C(O)c1cncnc1. The lowest BCUT2D eigenvalue weighted by atomic mass is 9.97. The van der Waals surface area contributed by atoms with Crippen molar-refractivity contribution < 1.29 is 10.2 Å². The minimum Gasteiger partial charge on any atom is -0.387 e. The van der Waals surface area contributed by atoms with Crippen molar-refractivity contribution in [2.75, 3.05) is 0 Å². The van der Waals surface area contributed by atoms with E-state index in [0.29, 0.717) is 5.56 Å². The Morgan fingerprint density at radius 2 is 1.83 bits per heavy atom. The molecule has 0 spiro atoms. The Balaban J connectivity index is 2.86. The Bertz CT molecular complexity index is 243. The molecule has 0 fully saturated rings. The first-order chi connectivity index (χ1) is 5.52. The van der Waals surface area contributed by atoms with E-state index in [-0.39, 0.29) is 0 Å². The van der Waals surface area contributed by atoms with Crippen LogP contribution in [-0.4, -0.2) is 25.8 Å². The zero-order valence-corrected chi connectivity index (χ0v) is 7.10. The summed E-state index contributed by atoms with van der Waals surface area (Å²) in [5, 5.41) is 19.0. The topological polar surface area (TPSA) is 66.2 Å². The fourth-order valence-electron chi connectivity index (χ4n) is 0.860. The lowest BCUT2D eigenvalue weighted by Crippen LogP contribution is -2.28. The largest absolute Gasteiger partial charge is 0.387 e. The number of rotatable bonds is 2. The maximum Gasteiger partial charge on any atom is 0.115 e. The molecule has 4 heteroatoms. The molecule has 0 aromatic carbocycles. The molecule has 0 bridgehead atoms. The third-order valence-corrected chi connectivity index (χ3v) is 1.57. The van der Waals surface area contributed by atoms with E-state index in [1.54, 1.807) is 0 Å².